The van der Waals surface area contributed by atoms with Crippen molar-refractivity contribution >= 4 is 28.9 Å². The Morgan fingerprint density at radius 1 is 0.966 bits per heavy atom. The molecule has 0 saturated carbocycles. The molecule has 0 radical (unpaired) electrons. The van der Waals surface area contributed by atoms with Crippen molar-refractivity contribution in [2.45, 2.75) is 27.2 Å². The fourth-order valence-electron chi connectivity index (χ4n) is 2.99. The minimum atomic E-state index is -0.482. The highest BCUT2D eigenvalue weighted by Gasteiger charge is 2.18. The van der Waals surface area contributed by atoms with Gasteiger partial charge in [-0.15, -0.1) is 0 Å². The second-order valence-electron chi connectivity index (χ2n) is 6.83. The van der Waals surface area contributed by atoms with Crippen molar-refractivity contribution in [3.8, 4) is 0 Å². The third kappa shape index (κ3) is 6.39. The van der Waals surface area contributed by atoms with Crippen molar-refractivity contribution in [2.24, 2.45) is 0 Å². The Labute approximate surface area is 170 Å². The Kier molecular flexibility index (Phi) is 7.85. The Hall–Kier alpha value is -3.26. The molecule has 0 aromatic heterocycles. The maximum atomic E-state index is 12.5. The van der Waals surface area contributed by atoms with Gasteiger partial charge in [-0.05, 0) is 44.5 Å². The highest BCUT2D eigenvalue weighted by atomic mass is 16.6. The van der Waals surface area contributed by atoms with Crippen molar-refractivity contribution in [3.63, 3.8) is 0 Å². The Morgan fingerprint density at radius 2 is 1.55 bits per heavy atom. The monoisotopic (exact) mass is 398 g/mol. The summed E-state index contributed by atoms with van der Waals surface area (Å²) in [6.45, 7) is 6.12. The molecular weight excluding hydrogens is 372 g/mol. The molecule has 0 heterocycles. The van der Waals surface area contributed by atoms with E-state index in [1.807, 2.05) is 38.1 Å². The summed E-state index contributed by atoms with van der Waals surface area (Å²) in [5.41, 5.74) is 2.44. The van der Waals surface area contributed by atoms with Gasteiger partial charge >= 0.3 is 0 Å². The van der Waals surface area contributed by atoms with Crippen LogP contribution >= 0.6 is 0 Å². The zero-order valence-corrected chi connectivity index (χ0v) is 16.9. The van der Waals surface area contributed by atoms with Crippen molar-refractivity contribution < 1.29 is 14.5 Å². The molecule has 8 nitrogen and oxygen atoms in total. The van der Waals surface area contributed by atoms with Crippen LogP contribution in [0.3, 0.4) is 0 Å². The van der Waals surface area contributed by atoms with Crippen LogP contribution in [0.5, 0.6) is 0 Å². The van der Waals surface area contributed by atoms with Gasteiger partial charge in [0.15, 0.2) is 0 Å². The molecule has 0 unspecified atom stereocenters. The third-order valence-corrected chi connectivity index (χ3v) is 4.47. The van der Waals surface area contributed by atoms with E-state index >= 15 is 0 Å². The summed E-state index contributed by atoms with van der Waals surface area (Å²) in [6, 6.07) is 12.0. The van der Waals surface area contributed by atoms with E-state index in [4.69, 9.17) is 0 Å². The van der Waals surface area contributed by atoms with E-state index < -0.39 is 4.92 Å². The normalized spacial score (nSPS) is 10.6. The number of nitro benzene ring substituents is 1. The Bertz CT molecular complexity index is 898. The van der Waals surface area contributed by atoms with Crippen molar-refractivity contribution in [1.29, 1.82) is 0 Å². The summed E-state index contributed by atoms with van der Waals surface area (Å²) in [5.74, 6) is -0.530. The number of amides is 2. The van der Waals surface area contributed by atoms with Gasteiger partial charge in [0.25, 0.3) is 5.69 Å². The van der Waals surface area contributed by atoms with Crippen molar-refractivity contribution in [3.05, 3.63) is 63.7 Å². The predicted octanol–water partition coefficient (Wildman–Crippen LogP) is 3.50. The highest BCUT2D eigenvalue weighted by Crippen LogP contribution is 2.25. The number of nitrogens with zero attached hydrogens (tertiary/aromatic N) is 2. The maximum Gasteiger partial charge on any atom is 0.274 e. The fourth-order valence-corrected chi connectivity index (χ4v) is 2.99. The van der Waals surface area contributed by atoms with E-state index in [0.717, 1.165) is 17.7 Å². The lowest BCUT2D eigenvalue weighted by atomic mass is 10.1. The van der Waals surface area contributed by atoms with Crippen molar-refractivity contribution in [1.82, 2.24) is 4.90 Å². The molecule has 0 aliphatic rings. The van der Waals surface area contributed by atoms with E-state index in [9.17, 15) is 19.7 Å². The number of nitro groups is 1. The molecule has 154 valence electrons. The molecule has 29 heavy (non-hydrogen) atoms. The van der Waals surface area contributed by atoms with Gasteiger partial charge in [0.05, 0.1) is 29.3 Å². The SMILES string of the molecule is CCCN(CC(=O)Nc1ccccc1C)CC(=O)Nc1cccc([N+](=O)[O-])c1C. The topological polar surface area (TPSA) is 105 Å². The third-order valence-electron chi connectivity index (χ3n) is 4.47. The number of benzene rings is 2. The number of carbonyl (C=O) groups excluding carboxylic acids is 2. The molecule has 0 aliphatic carbocycles. The number of aryl methyl sites for hydroxylation is 1. The van der Waals surface area contributed by atoms with E-state index in [1.54, 1.807) is 17.9 Å². The molecule has 2 rings (SSSR count). The molecule has 2 aromatic rings. The van der Waals surface area contributed by atoms with E-state index in [1.165, 1.54) is 12.1 Å². The summed E-state index contributed by atoms with van der Waals surface area (Å²) in [4.78, 5) is 37.2. The lowest BCUT2D eigenvalue weighted by Gasteiger charge is -2.21. The van der Waals surface area contributed by atoms with Crippen LogP contribution in [0.25, 0.3) is 0 Å². The molecule has 0 fully saturated rings. The number of nitrogens with one attached hydrogen (secondary N) is 2. The smallest absolute Gasteiger partial charge is 0.274 e. The molecule has 0 spiro atoms. The molecular formula is C21H26N4O4. The predicted molar refractivity (Wildman–Crippen MR) is 113 cm³/mol. The Morgan fingerprint density at radius 3 is 2.14 bits per heavy atom. The highest BCUT2D eigenvalue weighted by molar-refractivity contribution is 5.95. The van der Waals surface area contributed by atoms with Gasteiger partial charge in [0.2, 0.25) is 11.8 Å². The first kappa shape index (κ1) is 22.0. The van der Waals surface area contributed by atoms with Gasteiger partial charge in [-0.25, -0.2) is 0 Å². The summed E-state index contributed by atoms with van der Waals surface area (Å²) >= 11 is 0. The van der Waals surface area contributed by atoms with Crippen LogP contribution < -0.4 is 10.6 Å². The summed E-state index contributed by atoms with van der Waals surface area (Å²) in [6.07, 6.45) is 0.779. The standard InChI is InChI=1S/C21H26N4O4/c1-4-12-24(13-20(26)22-17-9-6-5-8-15(17)2)14-21(27)23-18-10-7-11-19(16(18)3)25(28)29/h5-11H,4,12-14H2,1-3H3,(H,22,26)(H,23,27). The van der Waals surface area contributed by atoms with E-state index in [2.05, 4.69) is 10.6 Å². The quantitative estimate of drug-likeness (QED) is 0.497. The summed E-state index contributed by atoms with van der Waals surface area (Å²) in [5, 5.41) is 16.6. The van der Waals surface area contributed by atoms with Crippen LogP contribution in [-0.4, -0.2) is 41.3 Å². The number of hydrogen-bond donors (Lipinski definition) is 2. The number of carbonyl (C=O) groups is 2. The minimum Gasteiger partial charge on any atom is -0.325 e. The van der Waals surface area contributed by atoms with Gasteiger partial charge in [0.1, 0.15) is 0 Å². The van der Waals surface area contributed by atoms with Crippen LogP contribution in [0.15, 0.2) is 42.5 Å². The molecule has 0 aliphatic heterocycles. The molecule has 0 atom stereocenters. The van der Waals surface area contributed by atoms with Crippen LogP contribution in [-0.2, 0) is 9.59 Å². The molecule has 2 amide bonds. The first-order valence-corrected chi connectivity index (χ1v) is 9.43. The largest absolute Gasteiger partial charge is 0.325 e. The number of para-hydroxylation sites is 1. The first-order valence-electron chi connectivity index (χ1n) is 9.43. The van der Waals surface area contributed by atoms with E-state index in [-0.39, 0.29) is 30.6 Å². The number of anilines is 2. The molecule has 0 saturated heterocycles. The fraction of sp³-hybridized carbons (Fsp3) is 0.333. The number of hydrogen-bond acceptors (Lipinski definition) is 5. The second kappa shape index (κ2) is 10.3. The van der Waals surface area contributed by atoms with Crippen molar-refractivity contribution in [2.75, 3.05) is 30.3 Å². The minimum absolute atomic E-state index is 0.0111. The van der Waals surface area contributed by atoms with Gasteiger partial charge in [-0.3, -0.25) is 24.6 Å². The van der Waals surface area contributed by atoms with Crippen LogP contribution in [0.1, 0.15) is 24.5 Å². The van der Waals surface area contributed by atoms with Crippen LogP contribution in [0.4, 0.5) is 17.1 Å². The maximum absolute atomic E-state index is 12.5. The van der Waals surface area contributed by atoms with Gasteiger partial charge in [-0.2, -0.15) is 0 Å². The zero-order valence-electron chi connectivity index (χ0n) is 16.9. The number of rotatable bonds is 9. The molecule has 8 heteroatoms. The van der Waals surface area contributed by atoms with Crippen LogP contribution in [0.2, 0.25) is 0 Å². The average molecular weight is 398 g/mol. The lowest BCUT2D eigenvalue weighted by molar-refractivity contribution is -0.385. The van der Waals surface area contributed by atoms with Gasteiger partial charge < -0.3 is 10.6 Å². The van der Waals surface area contributed by atoms with E-state index in [0.29, 0.717) is 17.8 Å². The molecule has 2 aromatic carbocycles. The molecule has 2 N–H and O–H groups in total. The second-order valence-corrected chi connectivity index (χ2v) is 6.83. The van der Waals surface area contributed by atoms with Gasteiger partial charge in [-0.1, -0.05) is 31.2 Å². The molecule has 0 bridgehead atoms. The lowest BCUT2D eigenvalue weighted by Crippen LogP contribution is -2.39. The average Bonchev–Trinajstić information content (AvgIpc) is 2.65. The van der Waals surface area contributed by atoms with Crippen LogP contribution in [0, 0.1) is 24.0 Å². The summed E-state index contributed by atoms with van der Waals surface area (Å²) in [7, 11) is 0. The first-order chi connectivity index (χ1) is 13.8. The van der Waals surface area contributed by atoms with Gasteiger partial charge in [0, 0.05) is 11.8 Å². The Balaban J connectivity index is 2.00. The zero-order chi connectivity index (χ0) is 21.4. The summed E-state index contributed by atoms with van der Waals surface area (Å²) < 4.78 is 0.